The van der Waals surface area contributed by atoms with E-state index in [9.17, 15) is 14.4 Å². The van der Waals surface area contributed by atoms with Crippen molar-refractivity contribution in [3.63, 3.8) is 0 Å². The van der Waals surface area contributed by atoms with Crippen LogP contribution in [0.3, 0.4) is 0 Å². The van der Waals surface area contributed by atoms with Crippen LogP contribution in [0.1, 0.15) is 38.1 Å². The van der Waals surface area contributed by atoms with Gasteiger partial charge in [0.2, 0.25) is 0 Å². The van der Waals surface area contributed by atoms with Crippen molar-refractivity contribution in [3.05, 3.63) is 36.4 Å². The lowest BCUT2D eigenvalue weighted by Gasteiger charge is -2.35. The Kier molecular flexibility index (Phi) is 10.4. The number of hydrogen-bond donors (Lipinski definition) is 2. The molecular formula is C25H38N4O6. The number of hydrogen-bond acceptors (Lipinski definition) is 6. The molecule has 0 saturated carbocycles. The molecule has 35 heavy (non-hydrogen) atoms. The highest BCUT2D eigenvalue weighted by Crippen LogP contribution is 2.26. The van der Waals surface area contributed by atoms with Gasteiger partial charge in [-0.3, -0.25) is 4.79 Å². The first-order valence-corrected chi connectivity index (χ1v) is 11.7. The third kappa shape index (κ3) is 7.88. The quantitative estimate of drug-likeness (QED) is 0.613. The summed E-state index contributed by atoms with van der Waals surface area (Å²) in [6.45, 7) is 12.0. The van der Waals surface area contributed by atoms with Gasteiger partial charge in [0.15, 0.2) is 0 Å². The lowest BCUT2D eigenvalue weighted by atomic mass is 10.0. The topological polar surface area (TPSA) is 109 Å². The van der Waals surface area contributed by atoms with Crippen molar-refractivity contribution in [1.29, 1.82) is 0 Å². The molecular weight excluding hydrogens is 452 g/mol. The van der Waals surface area contributed by atoms with E-state index >= 15 is 0 Å². The summed E-state index contributed by atoms with van der Waals surface area (Å²) >= 11 is 0. The van der Waals surface area contributed by atoms with Gasteiger partial charge >= 0.3 is 12.1 Å². The van der Waals surface area contributed by atoms with Gasteiger partial charge in [-0.1, -0.05) is 19.6 Å². The van der Waals surface area contributed by atoms with Crippen molar-refractivity contribution < 1.29 is 28.6 Å². The lowest BCUT2D eigenvalue weighted by molar-refractivity contribution is 0.00963. The molecule has 10 heteroatoms. The second-order valence-corrected chi connectivity index (χ2v) is 9.08. The Hall–Kier alpha value is -3.27. The van der Waals surface area contributed by atoms with Crippen LogP contribution in [0.25, 0.3) is 0 Å². The van der Waals surface area contributed by atoms with Crippen LogP contribution in [0.4, 0.5) is 15.3 Å². The lowest BCUT2D eigenvalue weighted by Crippen LogP contribution is -2.48. The number of carbonyl (C=O) groups excluding carboxylic acids is 3. The number of likely N-dealkylation sites (N-methyl/N-ethyl adjacent to an activating group) is 1. The Morgan fingerprint density at radius 3 is 2.63 bits per heavy atom. The van der Waals surface area contributed by atoms with Gasteiger partial charge in [0, 0.05) is 44.9 Å². The van der Waals surface area contributed by atoms with Gasteiger partial charge in [0.25, 0.3) is 5.91 Å². The van der Waals surface area contributed by atoms with Gasteiger partial charge in [-0.2, -0.15) is 0 Å². The Labute approximate surface area is 207 Å². The molecule has 1 aromatic carbocycles. The first-order chi connectivity index (χ1) is 16.6. The average Bonchev–Trinajstić information content (AvgIpc) is 2.81. The van der Waals surface area contributed by atoms with Crippen LogP contribution in [0.2, 0.25) is 0 Å². The molecule has 194 valence electrons. The zero-order chi connectivity index (χ0) is 26.1. The Morgan fingerprint density at radius 2 is 2.00 bits per heavy atom. The van der Waals surface area contributed by atoms with Crippen molar-refractivity contribution in [2.75, 3.05) is 45.8 Å². The molecule has 1 aromatic rings. The predicted octanol–water partition coefficient (Wildman–Crippen LogP) is 3.35. The summed E-state index contributed by atoms with van der Waals surface area (Å²) in [4.78, 5) is 41.5. The summed E-state index contributed by atoms with van der Waals surface area (Å²) < 4.78 is 17.0. The van der Waals surface area contributed by atoms with E-state index in [1.165, 1.54) is 6.08 Å². The average molecular weight is 491 g/mol. The Morgan fingerprint density at radius 1 is 1.29 bits per heavy atom. The monoisotopic (exact) mass is 490 g/mol. The summed E-state index contributed by atoms with van der Waals surface area (Å²) in [5, 5.41) is 5.50. The van der Waals surface area contributed by atoms with Crippen LogP contribution in [0.15, 0.2) is 30.9 Å². The van der Waals surface area contributed by atoms with Crippen molar-refractivity contribution in [3.8, 4) is 5.75 Å². The molecule has 2 N–H and O–H groups in total. The van der Waals surface area contributed by atoms with Gasteiger partial charge in [-0.15, -0.1) is 0 Å². The number of fused-ring (bicyclic) bond motifs is 1. The Balaban J connectivity index is 2.40. The number of nitrogens with zero attached hydrogens (tertiary/aromatic N) is 2. The third-order valence-electron chi connectivity index (χ3n) is 5.68. The molecule has 0 unspecified atom stereocenters. The molecule has 1 aliphatic rings. The molecule has 0 aliphatic carbocycles. The van der Waals surface area contributed by atoms with Crippen molar-refractivity contribution >= 4 is 23.7 Å². The maximum atomic E-state index is 13.4. The normalized spacial score (nSPS) is 21.2. The summed E-state index contributed by atoms with van der Waals surface area (Å²) in [7, 11) is 3.27. The second-order valence-electron chi connectivity index (χ2n) is 9.08. The highest BCUT2D eigenvalue weighted by molar-refractivity contribution is 5.99. The molecule has 4 amide bonds. The number of rotatable bonds is 5. The highest BCUT2D eigenvalue weighted by atomic mass is 16.6. The minimum Gasteiger partial charge on any atom is -0.491 e. The van der Waals surface area contributed by atoms with E-state index in [0.717, 1.165) is 0 Å². The van der Waals surface area contributed by atoms with Crippen molar-refractivity contribution in [2.24, 2.45) is 5.92 Å². The zero-order valence-electron chi connectivity index (χ0n) is 21.5. The zero-order valence-corrected chi connectivity index (χ0v) is 21.5. The molecule has 3 atom stereocenters. The van der Waals surface area contributed by atoms with Crippen LogP contribution in [-0.4, -0.2) is 86.5 Å². The fraction of sp³-hybridized carbons (Fsp3) is 0.560. The molecule has 0 saturated heterocycles. The summed E-state index contributed by atoms with van der Waals surface area (Å²) in [5.41, 5.74) is 0.754. The number of urea groups is 1. The largest absolute Gasteiger partial charge is 0.491 e. The molecule has 1 aliphatic heterocycles. The second kappa shape index (κ2) is 13.0. The molecule has 10 nitrogen and oxygen atoms in total. The minimum atomic E-state index is -0.472. The molecule has 1 heterocycles. The Bertz CT molecular complexity index is 906. The number of ether oxygens (including phenoxy) is 3. The van der Waals surface area contributed by atoms with Crippen molar-refractivity contribution in [2.45, 2.75) is 45.9 Å². The van der Waals surface area contributed by atoms with E-state index in [1.54, 1.807) is 42.2 Å². The number of carbonyl (C=O) groups is 3. The molecule has 0 bridgehead atoms. The van der Waals surface area contributed by atoms with Crippen LogP contribution >= 0.6 is 0 Å². The minimum absolute atomic E-state index is 0.0362. The summed E-state index contributed by atoms with van der Waals surface area (Å²) in [6.07, 6.45) is 0.716. The standard InChI is InChI=1S/C25H38N4O6/c1-8-11-34-25(32)29-13-17(4)22(33-7)14-28(6)23(30)20-12-19(27-24(31)26-16(2)3)9-10-21(20)35-15-18(29)5/h8-10,12,16-18,22H,1,11,13-15H2,2-7H3,(H2,26,27,31)/t17-,18-,22-/m0/s1. The predicted molar refractivity (Wildman–Crippen MR) is 134 cm³/mol. The van der Waals surface area contributed by atoms with E-state index < -0.39 is 6.09 Å². The van der Waals surface area contributed by atoms with E-state index in [1.807, 2.05) is 27.7 Å². The smallest absolute Gasteiger partial charge is 0.410 e. The number of anilines is 1. The third-order valence-corrected chi connectivity index (χ3v) is 5.68. The van der Waals surface area contributed by atoms with Crippen molar-refractivity contribution in [1.82, 2.24) is 15.1 Å². The highest BCUT2D eigenvalue weighted by Gasteiger charge is 2.31. The molecule has 0 radical (unpaired) electrons. The van der Waals surface area contributed by atoms with Gasteiger partial charge in [-0.25, -0.2) is 9.59 Å². The first kappa shape index (κ1) is 28.0. The van der Waals surface area contributed by atoms with Crippen LogP contribution in [0.5, 0.6) is 5.75 Å². The fourth-order valence-electron chi connectivity index (χ4n) is 3.75. The van der Waals surface area contributed by atoms with Crippen LogP contribution < -0.4 is 15.4 Å². The number of nitrogens with one attached hydrogen (secondary N) is 2. The molecule has 2 rings (SSSR count). The molecule has 0 spiro atoms. The van der Waals surface area contributed by atoms with Crippen LogP contribution in [0, 0.1) is 5.92 Å². The van der Waals surface area contributed by atoms with E-state index in [4.69, 9.17) is 14.2 Å². The van der Waals surface area contributed by atoms with E-state index in [0.29, 0.717) is 30.1 Å². The fourth-order valence-corrected chi connectivity index (χ4v) is 3.75. The van der Waals surface area contributed by atoms with E-state index in [-0.39, 0.29) is 49.3 Å². The maximum absolute atomic E-state index is 13.4. The number of benzene rings is 1. The van der Waals surface area contributed by atoms with Gasteiger partial charge < -0.3 is 34.6 Å². The number of amides is 4. The summed E-state index contributed by atoms with van der Waals surface area (Å²) in [6, 6.07) is 4.14. The maximum Gasteiger partial charge on any atom is 0.410 e. The number of methoxy groups -OCH3 is 1. The molecule has 0 fully saturated rings. The SMILES string of the molecule is C=CCOC(=O)N1C[C@H](C)[C@@H](OC)CN(C)C(=O)c2cc(NC(=O)NC(C)C)ccc2OC[C@@H]1C. The van der Waals surface area contributed by atoms with Gasteiger partial charge in [-0.05, 0) is 39.0 Å². The summed E-state index contributed by atoms with van der Waals surface area (Å²) in [5.74, 6) is -0.0104. The van der Waals surface area contributed by atoms with Gasteiger partial charge in [0.05, 0.1) is 17.7 Å². The first-order valence-electron chi connectivity index (χ1n) is 11.7. The molecule has 0 aromatic heterocycles. The van der Waals surface area contributed by atoms with E-state index in [2.05, 4.69) is 17.2 Å². The van der Waals surface area contributed by atoms with Crippen LogP contribution in [-0.2, 0) is 9.47 Å². The van der Waals surface area contributed by atoms with Gasteiger partial charge in [0.1, 0.15) is 19.0 Å².